The largest absolute Gasteiger partial charge is 0.482 e. The number of aromatic nitrogens is 1. The van der Waals surface area contributed by atoms with E-state index in [-0.39, 0.29) is 27.6 Å². The number of rotatable bonds is 5. The molecule has 1 saturated heterocycles. The molecule has 1 aromatic heterocycles. The zero-order valence-electron chi connectivity index (χ0n) is 17.0. The number of nitrogens with zero attached hydrogens (tertiary/aromatic N) is 1. The molecule has 0 saturated carbocycles. The Morgan fingerprint density at radius 3 is 2.87 bits per heavy atom. The van der Waals surface area contributed by atoms with Gasteiger partial charge in [-0.15, -0.1) is 11.3 Å². The van der Waals surface area contributed by atoms with Crippen LogP contribution in [0.3, 0.4) is 0 Å². The summed E-state index contributed by atoms with van der Waals surface area (Å²) in [4.78, 5) is 17.0. The monoisotopic (exact) mass is 463 g/mol. The van der Waals surface area contributed by atoms with Gasteiger partial charge < -0.3 is 15.4 Å². The lowest BCUT2D eigenvalue weighted by atomic mass is 10.2. The van der Waals surface area contributed by atoms with E-state index in [0.29, 0.717) is 10.8 Å². The van der Waals surface area contributed by atoms with E-state index < -0.39 is 17.5 Å². The Balaban J connectivity index is 1.52. The number of allylic oxidation sites excluding steroid dienone is 1. The van der Waals surface area contributed by atoms with E-state index in [0.717, 1.165) is 43.7 Å². The number of thiazole rings is 1. The number of halogens is 2. The maximum Gasteiger partial charge on any atom is 0.275 e. The molecular weight excluding hydrogens is 440 g/mol. The molecule has 9 heteroatoms. The third-order valence-corrected chi connectivity index (χ3v) is 6.92. The summed E-state index contributed by atoms with van der Waals surface area (Å²) in [5.41, 5.74) is 0.459. The molecule has 1 fully saturated rings. The molecule has 2 aliphatic rings. The predicted molar refractivity (Wildman–Crippen MR) is 120 cm³/mol. The van der Waals surface area contributed by atoms with Crippen molar-refractivity contribution >= 4 is 29.0 Å². The Morgan fingerprint density at radius 2 is 2.06 bits per heavy atom. The summed E-state index contributed by atoms with van der Waals surface area (Å²) in [6, 6.07) is 3.63. The maximum atomic E-state index is 14.0. The Labute approximate surface area is 188 Å². The third kappa shape index (κ3) is 5.34. The van der Waals surface area contributed by atoms with Gasteiger partial charge in [0, 0.05) is 10.6 Å². The van der Waals surface area contributed by atoms with Gasteiger partial charge in [-0.25, -0.2) is 13.8 Å². The van der Waals surface area contributed by atoms with Crippen molar-refractivity contribution in [1.29, 1.82) is 0 Å². The molecule has 2 unspecified atom stereocenters. The minimum atomic E-state index is -0.710. The fraction of sp³-hybridized carbons (Fsp3) is 0.364. The summed E-state index contributed by atoms with van der Waals surface area (Å²) in [6.45, 7) is 3.96. The van der Waals surface area contributed by atoms with Crippen molar-refractivity contribution in [3.63, 3.8) is 0 Å². The third-order valence-electron chi connectivity index (χ3n) is 5.00. The van der Waals surface area contributed by atoms with Crippen molar-refractivity contribution in [2.45, 2.75) is 37.5 Å². The summed E-state index contributed by atoms with van der Waals surface area (Å²) >= 11 is 2.58. The van der Waals surface area contributed by atoms with Crippen LogP contribution in [0.2, 0.25) is 0 Å². The van der Waals surface area contributed by atoms with Crippen LogP contribution in [0.4, 0.5) is 8.78 Å². The van der Waals surface area contributed by atoms with Crippen LogP contribution in [0.5, 0.6) is 0 Å². The second-order valence-corrected chi connectivity index (χ2v) is 9.60. The highest BCUT2D eigenvalue weighted by Gasteiger charge is 2.24. The molecule has 0 spiro atoms. The van der Waals surface area contributed by atoms with Crippen molar-refractivity contribution < 1.29 is 18.3 Å². The van der Waals surface area contributed by atoms with E-state index in [1.807, 2.05) is 12.2 Å². The van der Waals surface area contributed by atoms with Crippen LogP contribution in [-0.4, -0.2) is 35.3 Å². The van der Waals surface area contributed by atoms with E-state index in [1.54, 1.807) is 11.8 Å². The van der Waals surface area contributed by atoms with Gasteiger partial charge in [0.05, 0.1) is 11.3 Å². The first-order chi connectivity index (χ1) is 15.0. The molecule has 3 heterocycles. The summed E-state index contributed by atoms with van der Waals surface area (Å²) in [7, 11) is 0. The molecule has 5 nitrogen and oxygen atoms in total. The number of benzene rings is 1. The van der Waals surface area contributed by atoms with Gasteiger partial charge in [0.15, 0.2) is 5.09 Å². The van der Waals surface area contributed by atoms with Crippen LogP contribution in [0.15, 0.2) is 46.5 Å². The lowest BCUT2D eigenvalue weighted by Crippen LogP contribution is -2.26. The smallest absolute Gasteiger partial charge is 0.275 e. The van der Waals surface area contributed by atoms with Crippen LogP contribution >= 0.6 is 23.1 Å². The highest BCUT2D eigenvalue weighted by Crippen LogP contribution is 2.33. The first-order valence-corrected chi connectivity index (χ1v) is 11.9. The topological polar surface area (TPSA) is 63.2 Å². The molecule has 2 aromatic rings. The van der Waals surface area contributed by atoms with Gasteiger partial charge >= 0.3 is 0 Å². The van der Waals surface area contributed by atoms with Gasteiger partial charge in [0.2, 0.25) is 0 Å². The predicted octanol–water partition coefficient (Wildman–Crippen LogP) is 4.84. The average molecular weight is 464 g/mol. The fourth-order valence-electron chi connectivity index (χ4n) is 3.39. The van der Waals surface area contributed by atoms with Crippen molar-refractivity contribution in [2.24, 2.45) is 0 Å². The number of amides is 1. The van der Waals surface area contributed by atoms with E-state index in [2.05, 4.69) is 22.5 Å². The SMILES string of the molecule is CC1C=CC(NC(=O)c2csc(-c3c(F)cccc3F)n2)=C(OC2CCCNCC2)S1. The van der Waals surface area contributed by atoms with Gasteiger partial charge in [0.25, 0.3) is 5.91 Å². The normalized spacial score (nSPS) is 21.6. The molecule has 0 bridgehead atoms. The second kappa shape index (κ2) is 9.93. The first kappa shape index (κ1) is 22.0. The van der Waals surface area contributed by atoms with E-state index in [4.69, 9.17) is 4.74 Å². The minimum absolute atomic E-state index is 0.0954. The van der Waals surface area contributed by atoms with E-state index >= 15 is 0 Å². The molecule has 164 valence electrons. The molecule has 0 radical (unpaired) electrons. The number of carbonyl (C=O) groups is 1. The molecule has 1 amide bonds. The Morgan fingerprint density at radius 1 is 1.26 bits per heavy atom. The van der Waals surface area contributed by atoms with Gasteiger partial charge in [-0.3, -0.25) is 4.79 Å². The summed E-state index contributed by atoms with van der Waals surface area (Å²) in [5, 5.41) is 8.76. The summed E-state index contributed by atoms with van der Waals surface area (Å²) in [6.07, 6.45) is 6.84. The molecule has 2 aliphatic heterocycles. The van der Waals surface area contributed by atoms with Gasteiger partial charge in [-0.05, 0) is 57.5 Å². The number of carbonyl (C=O) groups excluding carboxylic acids is 1. The lowest BCUT2D eigenvalue weighted by Gasteiger charge is -2.24. The van der Waals surface area contributed by atoms with Gasteiger partial charge in [0.1, 0.15) is 28.4 Å². The minimum Gasteiger partial charge on any atom is -0.482 e. The van der Waals surface area contributed by atoms with E-state index in [1.165, 1.54) is 23.6 Å². The van der Waals surface area contributed by atoms with Crippen molar-refractivity contribution in [1.82, 2.24) is 15.6 Å². The summed E-state index contributed by atoms with van der Waals surface area (Å²) < 4.78 is 34.3. The van der Waals surface area contributed by atoms with Crippen LogP contribution in [0.25, 0.3) is 10.6 Å². The molecule has 4 rings (SSSR count). The Hall–Kier alpha value is -2.23. The first-order valence-electron chi connectivity index (χ1n) is 10.2. The summed E-state index contributed by atoms with van der Waals surface area (Å²) in [5.74, 6) is -1.87. The number of thioether (sulfide) groups is 1. The maximum absolute atomic E-state index is 14.0. The zero-order valence-corrected chi connectivity index (χ0v) is 18.6. The van der Waals surface area contributed by atoms with Crippen LogP contribution in [-0.2, 0) is 4.74 Å². The highest BCUT2D eigenvalue weighted by molar-refractivity contribution is 8.03. The number of ether oxygens (including phenoxy) is 1. The molecule has 2 atom stereocenters. The standard InChI is InChI=1S/C22H23F2N3O2S2/c1-13-7-8-17(22(31-13)29-14-4-3-10-25-11-9-14)26-20(28)18-12-30-21(27-18)19-15(23)5-2-6-16(19)24/h2,5-8,12-14,25H,3-4,9-11H2,1H3,(H,26,28). The van der Waals surface area contributed by atoms with Crippen molar-refractivity contribution in [3.8, 4) is 10.6 Å². The Bertz CT molecular complexity index is 994. The molecule has 31 heavy (non-hydrogen) atoms. The number of hydrogen-bond acceptors (Lipinski definition) is 6. The average Bonchev–Trinajstić information content (AvgIpc) is 3.07. The van der Waals surface area contributed by atoms with E-state index in [9.17, 15) is 13.6 Å². The van der Waals surface area contributed by atoms with Crippen LogP contribution in [0.1, 0.15) is 36.7 Å². The molecular formula is C22H23F2N3O2S2. The van der Waals surface area contributed by atoms with Gasteiger partial charge in [-0.1, -0.05) is 23.9 Å². The molecule has 0 aliphatic carbocycles. The zero-order chi connectivity index (χ0) is 21.8. The second-order valence-electron chi connectivity index (χ2n) is 7.39. The molecule has 2 N–H and O–H groups in total. The molecule has 1 aromatic carbocycles. The van der Waals surface area contributed by atoms with Crippen molar-refractivity contribution in [3.05, 3.63) is 63.8 Å². The van der Waals surface area contributed by atoms with Crippen LogP contribution < -0.4 is 10.6 Å². The number of nitrogens with one attached hydrogen (secondary N) is 2. The Kier molecular flexibility index (Phi) is 7.04. The van der Waals surface area contributed by atoms with Gasteiger partial charge in [-0.2, -0.15) is 0 Å². The van der Waals surface area contributed by atoms with Crippen molar-refractivity contribution in [2.75, 3.05) is 13.1 Å². The van der Waals surface area contributed by atoms with Crippen LogP contribution in [0, 0.1) is 11.6 Å². The quantitative estimate of drug-likeness (QED) is 0.665. The highest BCUT2D eigenvalue weighted by atomic mass is 32.2. The fourth-order valence-corrected chi connectivity index (χ4v) is 5.17. The lowest BCUT2D eigenvalue weighted by molar-refractivity contribution is 0.0950. The number of hydrogen-bond donors (Lipinski definition) is 2.